The highest BCUT2D eigenvalue weighted by Gasteiger charge is 2.45. The molecule has 23 heavy (non-hydrogen) atoms. The van der Waals surface area contributed by atoms with Crippen molar-refractivity contribution in [3.63, 3.8) is 0 Å². The monoisotopic (exact) mass is 322 g/mol. The normalized spacial score (nSPS) is 18.2. The van der Waals surface area contributed by atoms with Gasteiger partial charge in [-0.05, 0) is 32.3 Å². The van der Waals surface area contributed by atoms with Crippen molar-refractivity contribution in [2.75, 3.05) is 26.9 Å². The zero-order chi connectivity index (χ0) is 16.7. The minimum absolute atomic E-state index is 0.0296. The molecule has 5 nitrogen and oxygen atoms in total. The third-order valence-corrected chi connectivity index (χ3v) is 4.18. The van der Waals surface area contributed by atoms with Gasteiger partial charge in [-0.2, -0.15) is 0 Å². The predicted octanol–water partition coefficient (Wildman–Crippen LogP) is 3.06. The van der Waals surface area contributed by atoms with E-state index in [1.54, 1.807) is 14.0 Å². The Bertz CT molecular complexity index is 510. The number of ether oxygens (including phenoxy) is 4. The highest BCUT2D eigenvalue weighted by molar-refractivity contribution is 5.82. The summed E-state index contributed by atoms with van der Waals surface area (Å²) in [7, 11) is 1.60. The number of rotatable bonds is 7. The lowest BCUT2D eigenvalue weighted by Gasteiger charge is -2.36. The molecule has 5 heteroatoms. The van der Waals surface area contributed by atoms with Crippen LogP contribution in [0, 0.1) is 0 Å². The summed E-state index contributed by atoms with van der Waals surface area (Å²) < 4.78 is 22.5. The molecule has 0 amide bonds. The maximum atomic E-state index is 12.8. The molecular weight excluding hydrogens is 296 g/mol. The Morgan fingerprint density at radius 2 is 1.96 bits per heavy atom. The Morgan fingerprint density at radius 3 is 2.57 bits per heavy atom. The Hall–Kier alpha value is -1.59. The number of carbonyl (C=O) groups is 1. The molecule has 1 aromatic carbocycles. The van der Waals surface area contributed by atoms with E-state index in [1.165, 1.54) is 0 Å². The van der Waals surface area contributed by atoms with E-state index >= 15 is 0 Å². The van der Waals surface area contributed by atoms with Crippen LogP contribution in [0.3, 0.4) is 0 Å². The van der Waals surface area contributed by atoms with Gasteiger partial charge in [0.15, 0.2) is 5.60 Å². The van der Waals surface area contributed by atoms with Crippen LogP contribution in [0.5, 0.6) is 5.75 Å². The van der Waals surface area contributed by atoms with Crippen LogP contribution in [0.15, 0.2) is 24.3 Å². The minimum Gasteiger partial charge on any atom is -0.496 e. The first-order valence-electron chi connectivity index (χ1n) is 8.24. The summed E-state index contributed by atoms with van der Waals surface area (Å²) in [5, 5.41) is 0. The number of carbonyl (C=O) groups excluding carboxylic acids is 1. The Morgan fingerprint density at radius 1 is 1.26 bits per heavy atom. The molecular formula is C18H26O5. The number of esters is 1. The Balaban J connectivity index is 2.41. The third-order valence-electron chi connectivity index (χ3n) is 4.18. The molecule has 0 N–H and O–H groups in total. The van der Waals surface area contributed by atoms with Gasteiger partial charge in [0.2, 0.25) is 0 Å². The van der Waals surface area contributed by atoms with E-state index < -0.39 is 5.60 Å². The molecule has 1 aromatic rings. The lowest BCUT2D eigenvalue weighted by molar-refractivity contribution is -0.190. The van der Waals surface area contributed by atoms with E-state index in [0.717, 1.165) is 18.4 Å². The molecule has 2 rings (SSSR count). The number of benzene rings is 1. The van der Waals surface area contributed by atoms with Gasteiger partial charge >= 0.3 is 5.97 Å². The zero-order valence-corrected chi connectivity index (χ0v) is 14.2. The maximum Gasteiger partial charge on any atom is 0.343 e. The second-order valence-electron chi connectivity index (χ2n) is 5.53. The van der Waals surface area contributed by atoms with Crippen LogP contribution in [0.25, 0.3) is 0 Å². The van der Waals surface area contributed by atoms with Crippen molar-refractivity contribution >= 4 is 5.97 Å². The maximum absolute atomic E-state index is 12.8. The van der Waals surface area contributed by atoms with Crippen LogP contribution in [0.1, 0.15) is 38.7 Å². The van der Waals surface area contributed by atoms with Crippen LogP contribution in [-0.4, -0.2) is 39.0 Å². The molecule has 1 aliphatic rings. The summed E-state index contributed by atoms with van der Waals surface area (Å²) in [6.07, 6.45) is 1.99. The van der Waals surface area contributed by atoms with E-state index in [1.807, 2.05) is 31.2 Å². The number of hydrogen-bond donors (Lipinski definition) is 0. The lowest BCUT2D eigenvalue weighted by atomic mass is 9.89. The van der Waals surface area contributed by atoms with Crippen molar-refractivity contribution in [3.05, 3.63) is 29.8 Å². The lowest BCUT2D eigenvalue weighted by Crippen LogP contribution is -2.44. The van der Waals surface area contributed by atoms with E-state index in [0.29, 0.717) is 32.0 Å². The molecule has 1 heterocycles. The van der Waals surface area contributed by atoms with Crippen LogP contribution in [0.4, 0.5) is 0 Å². The first-order chi connectivity index (χ1) is 11.2. The van der Waals surface area contributed by atoms with Gasteiger partial charge in [-0.3, -0.25) is 0 Å². The predicted molar refractivity (Wildman–Crippen MR) is 86.5 cm³/mol. The van der Waals surface area contributed by atoms with E-state index in [2.05, 4.69) is 0 Å². The second-order valence-corrected chi connectivity index (χ2v) is 5.53. The van der Waals surface area contributed by atoms with Gasteiger partial charge in [0, 0.05) is 18.8 Å². The van der Waals surface area contributed by atoms with Crippen molar-refractivity contribution in [2.24, 2.45) is 0 Å². The summed E-state index contributed by atoms with van der Waals surface area (Å²) >= 11 is 0. The highest BCUT2D eigenvalue weighted by atomic mass is 16.6. The average molecular weight is 322 g/mol. The molecule has 1 saturated heterocycles. The van der Waals surface area contributed by atoms with Gasteiger partial charge < -0.3 is 18.9 Å². The summed E-state index contributed by atoms with van der Waals surface area (Å²) in [6.45, 7) is 5.35. The molecule has 0 saturated carbocycles. The highest BCUT2D eigenvalue weighted by Crippen LogP contribution is 2.39. The SMILES string of the molecule is CCOC(=O)C(CC)(OC1CCOCC1)c1ccccc1OC. The molecule has 1 atom stereocenters. The minimum atomic E-state index is -1.15. The fourth-order valence-corrected chi connectivity index (χ4v) is 2.94. The van der Waals surface area contributed by atoms with Crippen molar-refractivity contribution in [3.8, 4) is 5.75 Å². The molecule has 128 valence electrons. The van der Waals surface area contributed by atoms with Gasteiger partial charge in [0.05, 0.1) is 19.8 Å². The Labute approximate surface area is 137 Å². The largest absolute Gasteiger partial charge is 0.496 e. The first kappa shape index (κ1) is 17.8. The van der Waals surface area contributed by atoms with Gasteiger partial charge in [-0.15, -0.1) is 0 Å². The van der Waals surface area contributed by atoms with Crippen LogP contribution in [-0.2, 0) is 24.6 Å². The van der Waals surface area contributed by atoms with Crippen molar-refractivity contribution in [1.29, 1.82) is 0 Å². The number of hydrogen-bond acceptors (Lipinski definition) is 5. The summed E-state index contributed by atoms with van der Waals surface area (Å²) in [5.41, 5.74) is -0.431. The topological polar surface area (TPSA) is 54.0 Å². The van der Waals surface area contributed by atoms with E-state index in [4.69, 9.17) is 18.9 Å². The molecule has 1 unspecified atom stereocenters. The molecule has 0 radical (unpaired) electrons. The Kier molecular flexibility index (Phi) is 6.42. The number of para-hydroxylation sites is 1. The van der Waals surface area contributed by atoms with Crippen molar-refractivity contribution in [2.45, 2.75) is 44.8 Å². The summed E-state index contributed by atoms with van der Waals surface area (Å²) in [6, 6.07) is 7.47. The zero-order valence-electron chi connectivity index (χ0n) is 14.2. The quantitative estimate of drug-likeness (QED) is 0.722. The van der Waals surface area contributed by atoms with Crippen LogP contribution >= 0.6 is 0 Å². The molecule has 0 aliphatic carbocycles. The van der Waals surface area contributed by atoms with Gasteiger partial charge in [0.25, 0.3) is 0 Å². The van der Waals surface area contributed by atoms with Crippen molar-refractivity contribution in [1.82, 2.24) is 0 Å². The van der Waals surface area contributed by atoms with Crippen LogP contribution in [0.2, 0.25) is 0 Å². The molecule has 1 fully saturated rings. The van der Waals surface area contributed by atoms with Gasteiger partial charge in [0.1, 0.15) is 5.75 Å². The summed E-state index contributed by atoms with van der Waals surface area (Å²) in [4.78, 5) is 12.8. The third kappa shape index (κ3) is 3.85. The fourth-order valence-electron chi connectivity index (χ4n) is 2.94. The molecule has 0 bridgehead atoms. The standard InChI is InChI=1S/C18H26O5/c1-4-18(17(19)22-5-2,23-14-10-12-21-13-11-14)15-8-6-7-9-16(15)20-3/h6-9,14H,4-5,10-13H2,1-3H3. The van der Waals surface area contributed by atoms with Gasteiger partial charge in [-0.25, -0.2) is 4.79 Å². The summed E-state index contributed by atoms with van der Waals surface area (Å²) in [5.74, 6) is 0.271. The molecule has 1 aliphatic heterocycles. The van der Waals surface area contributed by atoms with Crippen molar-refractivity contribution < 1.29 is 23.7 Å². The smallest absolute Gasteiger partial charge is 0.343 e. The van der Waals surface area contributed by atoms with E-state index in [9.17, 15) is 4.79 Å². The molecule has 0 spiro atoms. The molecule has 0 aromatic heterocycles. The first-order valence-corrected chi connectivity index (χ1v) is 8.24. The number of methoxy groups -OCH3 is 1. The van der Waals surface area contributed by atoms with Crippen LogP contribution < -0.4 is 4.74 Å². The average Bonchev–Trinajstić information content (AvgIpc) is 2.61. The van der Waals surface area contributed by atoms with E-state index in [-0.39, 0.29) is 12.1 Å². The second kappa shape index (κ2) is 8.31. The van der Waals surface area contributed by atoms with Gasteiger partial charge in [-0.1, -0.05) is 25.1 Å². The fraction of sp³-hybridized carbons (Fsp3) is 0.611.